The predicted molar refractivity (Wildman–Crippen MR) is 380 cm³/mol. The second-order valence-electron chi connectivity index (χ2n) is 27.7. The van der Waals surface area contributed by atoms with Crippen molar-refractivity contribution in [1.82, 2.24) is 41.3 Å². The molecule has 0 bridgehead atoms. The highest BCUT2D eigenvalue weighted by atomic mass is 16.5. The summed E-state index contributed by atoms with van der Waals surface area (Å²) >= 11 is 0. The van der Waals surface area contributed by atoms with Gasteiger partial charge in [0.25, 0.3) is 0 Å². The quantitative estimate of drug-likeness (QED) is 0.0195. The number of aliphatic hydroxyl groups is 1. The summed E-state index contributed by atoms with van der Waals surface area (Å²) in [5.74, 6) is -5.21. The van der Waals surface area contributed by atoms with Crippen molar-refractivity contribution >= 4 is 59.2 Å². The van der Waals surface area contributed by atoms with Gasteiger partial charge in [0.1, 0.15) is 30.8 Å². The van der Waals surface area contributed by atoms with Crippen molar-refractivity contribution in [2.24, 2.45) is 29.6 Å². The second-order valence-corrected chi connectivity index (χ2v) is 27.7. The number of nitrogens with one attached hydrogen (secondary N) is 6. The zero-order chi connectivity index (χ0) is 72.8. The molecule has 1 saturated heterocycles. The highest BCUT2D eigenvalue weighted by molar-refractivity contribution is 5.98. The smallest absolute Gasteiger partial charge is 0.407 e. The Morgan fingerprint density at radius 2 is 1.28 bits per heavy atom. The number of hydrogen-bond donors (Lipinski definition) is 8. The van der Waals surface area contributed by atoms with E-state index in [1.807, 2.05) is 56.3 Å². The zero-order valence-electron chi connectivity index (χ0n) is 60.4. The standard InChI is InChI=1S/C76H109N9O14/c1-15-48(8)67(61(97-13)43-63(87)84-41-26-33-60(84)69(98-14)49(9)70(89)78-50(10)68(88)53-27-18-16-19-28-53)83(12)74(93)65(46(4)5)82-73(92)66(47(6)7)85(76(95)96)42-39-52-35-37-54(38-36-52)80-71(90)51(11)79-72(91)64(45(2)3)81-62(86)34-20-17-25-40-77-75(94)99-44-59-57-31-23-21-29-55(57)56-30-22-24-32-58(56)59/h16,18-19,21-24,27-32,35-38,45-51,59-61,64-69,88H,15,17,20,25-26,33-34,39-44H2,1-14H3,(H,77,94)(H,78,89)(H,79,91)(H,80,90)(H,81,86)(H,82,92)(H,95,96)/t48-,49+,50+,51-,60-,61+,64-,65-,66-,67-,68+,69+/m0/s1. The molecule has 0 saturated carbocycles. The van der Waals surface area contributed by atoms with Crippen LogP contribution in [0.3, 0.4) is 0 Å². The largest absolute Gasteiger partial charge is 0.465 e. The number of anilines is 1. The summed E-state index contributed by atoms with van der Waals surface area (Å²) in [4.78, 5) is 128. The maximum atomic E-state index is 14.9. The van der Waals surface area contributed by atoms with Gasteiger partial charge in [0, 0.05) is 58.9 Å². The van der Waals surface area contributed by atoms with Crippen LogP contribution in [0.15, 0.2) is 103 Å². The number of fused-ring (bicyclic) bond motifs is 3. The molecule has 542 valence electrons. The van der Waals surface area contributed by atoms with Crippen LogP contribution < -0.4 is 31.9 Å². The van der Waals surface area contributed by atoms with E-state index in [0.717, 1.165) is 27.2 Å². The van der Waals surface area contributed by atoms with Crippen molar-refractivity contribution in [3.8, 4) is 11.1 Å². The van der Waals surface area contributed by atoms with E-state index in [1.54, 1.807) is 104 Å². The first-order valence-electron chi connectivity index (χ1n) is 35.2. The fourth-order valence-electron chi connectivity index (χ4n) is 13.6. The summed E-state index contributed by atoms with van der Waals surface area (Å²) in [7, 11) is 4.64. The van der Waals surface area contributed by atoms with E-state index >= 15 is 0 Å². The van der Waals surface area contributed by atoms with Gasteiger partial charge in [-0.3, -0.25) is 38.5 Å². The van der Waals surface area contributed by atoms with E-state index in [1.165, 1.54) is 26.0 Å². The Labute approximate surface area is 585 Å². The normalized spacial score (nSPS) is 16.9. The average molecular weight is 1370 g/mol. The first kappa shape index (κ1) is 79.6. The number of unbranched alkanes of at least 4 members (excludes halogenated alkanes) is 2. The summed E-state index contributed by atoms with van der Waals surface area (Å²) in [6, 6.07) is 26.2. The van der Waals surface area contributed by atoms with Gasteiger partial charge in [-0.2, -0.15) is 0 Å². The van der Waals surface area contributed by atoms with Gasteiger partial charge in [-0.1, -0.05) is 166 Å². The number of benzene rings is 4. The highest BCUT2D eigenvalue weighted by Gasteiger charge is 2.44. The van der Waals surface area contributed by atoms with Crippen LogP contribution in [0, 0.1) is 29.6 Å². The summed E-state index contributed by atoms with van der Waals surface area (Å²) < 4.78 is 17.7. The number of rotatable bonds is 37. The van der Waals surface area contributed by atoms with Crippen molar-refractivity contribution < 1.29 is 67.6 Å². The lowest BCUT2D eigenvalue weighted by molar-refractivity contribution is -0.148. The van der Waals surface area contributed by atoms with E-state index in [2.05, 4.69) is 56.2 Å². The van der Waals surface area contributed by atoms with E-state index in [-0.39, 0.29) is 67.9 Å². The molecule has 23 heteroatoms. The molecule has 99 heavy (non-hydrogen) atoms. The third kappa shape index (κ3) is 21.6. The Balaban J connectivity index is 0.963. The third-order valence-corrected chi connectivity index (χ3v) is 19.5. The maximum absolute atomic E-state index is 14.9. The van der Waals surface area contributed by atoms with Crippen LogP contribution >= 0.6 is 0 Å². The van der Waals surface area contributed by atoms with Gasteiger partial charge < -0.3 is 66.1 Å². The van der Waals surface area contributed by atoms with Gasteiger partial charge in [-0.05, 0) is 115 Å². The Morgan fingerprint density at radius 3 is 1.86 bits per heavy atom. The van der Waals surface area contributed by atoms with Crippen LogP contribution in [-0.4, -0.2) is 180 Å². The van der Waals surface area contributed by atoms with E-state index in [0.29, 0.717) is 68.4 Å². The van der Waals surface area contributed by atoms with Crippen LogP contribution in [0.25, 0.3) is 11.1 Å². The number of alkyl carbamates (subject to hydrolysis) is 1. The SMILES string of the molecule is CC[C@H](C)[C@@H]([C@@H](CC(=O)N1CCC[C@H]1[C@H](OC)[C@@H](C)C(=O)N[C@H](C)[C@@H](O)c1ccccc1)OC)N(C)C(=O)[C@@H](NC(=O)[C@H](C(C)C)N(CCc1ccc(NC(=O)[C@H](C)NC(=O)[C@@H](NC(=O)CCCCCNC(=O)OCC2c3ccccc3-c3ccccc32)C(C)C)cc1)C(=O)O)C(C)C. The number of nitrogens with zero attached hydrogens (tertiary/aromatic N) is 3. The summed E-state index contributed by atoms with van der Waals surface area (Å²) in [6.45, 7) is 20.5. The van der Waals surface area contributed by atoms with Gasteiger partial charge in [0.05, 0.1) is 48.8 Å². The summed E-state index contributed by atoms with van der Waals surface area (Å²) in [5, 5.41) is 38.6. The first-order chi connectivity index (χ1) is 47.1. The lowest BCUT2D eigenvalue weighted by Crippen LogP contribution is -2.60. The zero-order valence-corrected chi connectivity index (χ0v) is 60.4. The molecule has 6 rings (SSSR count). The Hall–Kier alpha value is -8.41. The number of aliphatic hydroxyl groups excluding tert-OH is 1. The molecule has 4 aromatic carbocycles. The molecule has 1 heterocycles. The molecule has 0 aromatic heterocycles. The molecule has 4 aromatic rings. The number of carboxylic acid groups (broad SMARTS) is 1. The number of likely N-dealkylation sites (tertiary alicyclic amines) is 1. The van der Waals surface area contributed by atoms with E-state index in [9.17, 15) is 53.4 Å². The molecule has 9 amide bonds. The molecule has 23 nitrogen and oxygen atoms in total. The van der Waals surface area contributed by atoms with Gasteiger partial charge in [0.2, 0.25) is 41.4 Å². The maximum Gasteiger partial charge on any atom is 0.407 e. The molecular weight excluding hydrogens is 1260 g/mol. The van der Waals surface area contributed by atoms with Crippen LogP contribution in [-0.2, 0) is 54.2 Å². The van der Waals surface area contributed by atoms with Crippen LogP contribution in [0.1, 0.15) is 162 Å². The van der Waals surface area contributed by atoms with Crippen molar-refractivity contribution in [3.05, 3.63) is 125 Å². The van der Waals surface area contributed by atoms with Crippen molar-refractivity contribution in [3.63, 3.8) is 0 Å². The van der Waals surface area contributed by atoms with Gasteiger partial charge in [0.15, 0.2) is 0 Å². The fraction of sp³-hybridized carbons (Fsp3) is 0.566. The van der Waals surface area contributed by atoms with Crippen molar-refractivity contribution in [2.45, 2.75) is 200 Å². The third-order valence-electron chi connectivity index (χ3n) is 19.5. The summed E-state index contributed by atoms with van der Waals surface area (Å²) in [6.07, 6.45) is -0.312. The molecule has 8 N–H and O–H groups in total. The van der Waals surface area contributed by atoms with Crippen LogP contribution in [0.4, 0.5) is 15.3 Å². The van der Waals surface area contributed by atoms with Crippen LogP contribution in [0.5, 0.6) is 0 Å². The molecule has 0 spiro atoms. The number of carbonyl (C=O) groups excluding carboxylic acids is 8. The molecule has 1 aliphatic heterocycles. The molecule has 0 unspecified atom stereocenters. The van der Waals surface area contributed by atoms with Gasteiger partial charge in [-0.15, -0.1) is 0 Å². The molecule has 2 aliphatic rings. The van der Waals surface area contributed by atoms with E-state index < -0.39 is 114 Å². The monoisotopic (exact) mass is 1370 g/mol. The minimum atomic E-state index is -1.34. The number of methoxy groups -OCH3 is 2. The van der Waals surface area contributed by atoms with Crippen molar-refractivity contribution in [2.75, 3.05) is 52.8 Å². The van der Waals surface area contributed by atoms with E-state index in [4.69, 9.17) is 14.2 Å². The van der Waals surface area contributed by atoms with Crippen molar-refractivity contribution in [1.29, 1.82) is 0 Å². The highest BCUT2D eigenvalue weighted by Crippen LogP contribution is 2.44. The minimum Gasteiger partial charge on any atom is -0.465 e. The fourth-order valence-corrected chi connectivity index (χ4v) is 13.6. The molecule has 12 atom stereocenters. The van der Waals surface area contributed by atoms with Crippen LogP contribution in [0.2, 0.25) is 0 Å². The summed E-state index contributed by atoms with van der Waals surface area (Å²) in [5.41, 5.74) is 6.33. The minimum absolute atomic E-state index is 0.0438. The number of amides is 9. The lowest BCUT2D eigenvalue weighted by Gasteiger charge is -2.41. The number of hydrogen-bond acceptors (Lipinski definition) is 13. The molecule has 1 fully saturated rings. The Kier molecular flexibility index (Phi) is 30.7. The molecular formula is C76H109N9O14. The topological polar surface area (TPSA) is 304 Å². The first-order valence-corrected chi connectivity index (χ1v) is 35.2. The van der Waals surface area contributed by atoms with Gasteiger partial charge in [-0.25, -0.2) is 9.59 Å². The second kappa shape index (κ2) is 38.2. The Bertz CT molecular complexity index is 3290. The lowest BCUT2D eigenvalue weighted by atomic mass is 9.89. The van der Waals surface area contributed by atoms with Gasteiger partial charge >= 0.3 is 12.2 Å². The average Bonchev–Trinajstić information content (AvgIpc) is 1.62. The molecule has 1 aliphatic carbocycles. The number of carbonyl (C=O) groups is 9. The Morgan fingerprint density at radius 1 is 0.667 bits per heavy atom. The number of ether oxygens (including phenoxy) is 3. The predicted octanol–water partition coefficient (Wildman–Crippen LogP) is 9.22. The number of likely N-dealkylation sites (N-methyl/N-ethyl adjacent to an activating group) is 1. The molecule has 0 radical (unpaired) electrons.